The molecule has 0 fully saturated rings. The smallest absolute Gasteiger partial charge is 0.339 e. The Bertz CT molecular complexity index is 5580. The number of Topliss-reactive ketones (excluding diaryl/α,β-unsaturated/α-hetero) is 2. The molecule has 6 heterocycles. The largest absolute Gasteiger partial charge is 0.461 e. The van der Waals surface area contributed by atoms with Crippen molar-refractivity contribution in [3.05, 3.63) is 234 Å². The SMILES string of the molecule is Cc1c(C)c(C)c2c(c1C)C(=O)CC2(C)C.Cc1c(C)c(C)c2c(c1C)C(=O)CCC2C.Cc1c(C)c(C)c2c(c1C)C(=O)OC2(C)C.Cc1c(C)c(C)c2c(c1C)C(=O)OCC2C.Cc1c(C)c(C)c2c(c1C)C(=O)SC2(C)C.Cc1c(C)c(C)c2c(nnn2C)c1C.Cc1c(C)c(C)c2nonc2c1C.Cc1c(C)c(C)c2nsnc2c1C. The second-order valence-corrected chi connectivity index (χ2v) is 38.9. The van der Waals surface area contributed by atoms with Crippen LogP contribution in [0.15, 0.2) is 4.63 Å². The highest BCUT2D eigenvalue weighted by Crippen LogP contribution is 2.51. The van der Waals surface area contributed by atoms with Crippen molar-refractivity contribution in [2.45, 2.75) is 324 Å². The first-order valence-electron chi connectivity index (χ1n) is 42.4. The summed E-state index contributed by atoms with van der Waals surface area (Å²) >= 11 is 2.76. The number of thioether (sulfide) groups is 1. The molecule has 0 saturated carbocycles. The fraction of sp³-hybridized carbons (Fsp3) is 0.485. The minimum absolute atomic E-state index is 0.0136. The zero-order valence-corrected chi connectivity index (χ0v) is 81.8. The highest BCUT2D eigenvalue weighted by Gasteiger charge is 2.43. The van der Waals surface area contributed by atoms with Crippen molar-refractivity contribution in [3.8, 4) is 0 Å². The number of carbonyl (C=O) groups excluding carboxylic acids is 5. The molecule has 5 aliphatic rings. The van der Waals surface area contributed by atoms with Crippen molar-refractivity contribution in [1.29, 1.82) is 0 Å². The Kier molecular flexibility index (Phi) is 27.8. The Morgan fingerprint density at radius 2 is 0.708 bits per heavy atom. The topological polar surface area (TPSA) is 199 Å². The molecule has 17 heteroatoms. The first-order valence-corrected chi connectivity index (χ1v) is 43.9. The number of benzene rings is 8. The van der Waals surface area contributed by atoms with Crippen LogP contribution in [-0.4, -0.2) is 69.3 Å². The molecule has 8 aromatic carbocycles. The van der Waals surface area contributed by atoms with Gasteiger partial charge < -0.3 is 9.47 Å². The van der Waals surface area contributed by atoms with Gasteiger partial charge >= 0.3 is 11.9 Å². The van der Waals surface area contributed by atoms with E-state index in [2.05, 4.69) is 265 Å². The summed E-state index contributed by atoms with van der Waals surface area (Å²) in [6, 6.07) is 0. The Labute approximate surface area is 723 Å². The number of ether oxygens (including phenoxy) is 2. The molecule has 0 saturated heterocycles. The van der Waals surface area contributed by atoms with E-state index < -0.39 is 5.60 Å². The zero-order chi connectivity index (χ0) is 90.4. The second kappa shape index (κ2) is 35.3. The molecule has 0 amide bonds. The van der Waals surface area contributed by atoms with Crippen molar-refractivity contribution >= 4 is 85.2 Å². The van der Waals surface area contributed by atoms with E-state index in [1.54, 1.807) is 0 Å². The molecule has 120 heavy (non-hydrogen) atoms. The zero-order valence-electron chi connectivity index (χ0n) is 80.2. The Hall–Kier alpha value is -9.32. The number of rotatable bonds is 0. The van der Waals surface area contributed by atoms with E-state index >= 15 is 0 Å². The normalized spacial score (nSPS) is 16.0. The molecule has 16 rings (SSSR count). The first kappa shape index (κ1) is 94.5. The lowest BCUT2D eigenvalue weighted by atomic mass is 9.76. The molecule has 15 nitrogen and oxygen atoms in total. The van der Waals surface area contributed by atoms with E-state index in [4.69, 9.17) is 14.1 Å². The molecular weight excluding hydrogens is 1530 g/mol. The summed E-state index contributed by atoms with van der Waals surface area (Å²) in [4.78, 5) is 60.0. The van der Waals surface area contributed by atoms with E-state index in [0.29, 0.717) is 36.4 Å². The Morgan fingerprint density at radius 3 is 1.18 bits per heavy atom. The van der Waals surface area contributed by atoms with Gasteiger partial charge in [0.2, 0.25) is 5.12 Å². The molecule has 0 spiro atoms. The standard InChI is InChI=1S/2C15H20O.2C14H18O2.C14H18OS.C11H15N3.C10H12N2O.C10H12N2S/c1-8-9(2)11(4)14-13(10(8)3)12(16)7-15(14,5)6;1-8-6-7-13(16)15-12(5)10(3)9(2)11(4)14(8)15;1-7-8(2)10(4)12-11(9(7)3)13(15)16-14(12,5)6;1-7-6-16-14(15)13-11(5)9(3)8(2)10(4)12(7)13;1-7-8(2)10(4)12-11(9(7)3)13(15)16-14(12,5)6;1-6-7(2)9(4)11-10(8(6)3)12-13-14(11)5;2*1-5-6(2)8(4)10-9(7(5)3)11-13-12-10/h7H2,1-6H3;8H,6-7H2,1-5H3;1-6H3;7H,6H2,1-5H3;1-6H3;1-5H3;2*1-4H3. The quantitative estimate of drug-likeness (QED) is 0.130. The van der Waals surface area contributed by atoms with Crippen LogP contribution in [0.2, 0.25) is 0 Å². The van der Waals surface area contributed by atoms with Crippen LogP contribution in [0.25, 0.3) is 33.1 Å². The van der Waals surface area contributed by atoms with Gasteiger partial charge in [-0.1, -0.05) is 44.7 Å². The third kappa shape index (κ3) is 16.7. The summed E-state index contributed by atoms with van der Waals surface area (Å²) in [7, 11) is 1.94. The average Bonchev–Trinajstić information content (AvgIpc) is 1.51. The van der Waals surface area contributed by atoms with Crippen LogP contribution in [0.3, 0.4) is 0 Å². The lowest BCUT2D eigenvalue weighted by Crippen LogP contribution is -2.24. The van der Waals surface area contributed by atoms with Gasteiger partial charge in [-0.3, -0.25) is 14.4 Å². The maximum Gasteiger partial charge on any atom is 0.339 e. The number of ketones is 2. The van der Waals surface area contributed by atoms with Crippen LogP contribution in [0.1, 0.15) is 344 Å². The van der Waals surface area contributed by atoms with Crippen molar-refractivity contribution in [2.75, 3.05) is 6.61 Å². The Balaban J connectivity index is 0.000000156. The van der Waals surface area contributed by atoms with E-state index in [1.807, 2.05) is 53.3 Å². The first-order chi connectivity index (χ1) is 55.5. The minimum atomic E-state index is -0.486. The fourth-order valence-electron chi connectivity index (χ4n) is 19.0. The third-order valence-electron chi connectivity index (χ3n) is 29.1. The number of hydrogen-bond acceptors (Lipinski definition) is 16. The highest BCUT2D eigenvalue weighted by molar-refractivity contribution is 8.15. The summed E-state index contributed by atoms with van der Waals surface area (Å²) in [5.41, 5.74) is 56.6. The number of fused-ring (bicyclic) bond motifs is 8. The van der Waals surface area contributed by atoms with Crippen LogP contribution in [-0.2, 0) is 32.3 Å². The summed E-state index contributed by atoms with van der Waals surface area (Å²) in [5, 5.41) is 16.3. The molecule has 0 radical (unpaired) electrons. The van der Waals surface area contributed by atoms with E-state index in [0.717, 1.165) is 90.4 Å². The third-order valence-corrected chi connectivity index (χ3v) is 30.8. The van der Waals surface area contributed by atoms with Gasteiger partial charge in [0.1, 0.15) is 33.2 Å². The summed E-state index contributed by atoms with van der Waals surface area (Å²) < 4.78 is 25.8. The van der Waals surface area contributed by atoms with Crippen LogP contribution >= 0.6 is 23.5 Å². The predicted molar refractivity (Wildman–Crippen MR) is 498 cm³/mol. The molecule has 640 valence electrons. The lowest BCUT2D eigenvalue weighted by molar-refractivity contribution is 0.00928. The minimum Gasteiger partial charge on any atom is -0.461 e. The van der Waals surface area contributed by atoms with Crippen LogP contribution in [0, 0.1) is 222 Å². The van der Waals surface area contributed by atoms with Gasteiger partial charge in [-0.15, -0.1) is 5.10 Å². The number of hydrogen-bond donors (Lipinski definition) is 0. The van der Waals surface area contributed by atoms with E-state index in [9.17, 15) is 24.0 Å². The van der Waals surface area contributed by atoms with Crippen LogP contribution < -0.4 is 0 Å². The molecule has 0 bridgehead atoms. The maximum absolute atomic E-state index is 12.1. The Morgan fingerprint density at radius 1 is 0.350 bits per heavy atom. The average molecular weight is 1660 g/mol. The van der Waals surface area contributed by atoms with Crippen molar-refractivity contribution in [1.82, 2.24) is 34.1 Å². The van der Waals surface area contributed by atoms with Gasteiger partial charge in [0.15, 0.2) is 11.6 Å². The number of carbonyl (C=O) groups is 5. The molecular formula is C103H133N7O8S2. The molecule has 2 aliphatic carbocycles. The number of aromatic nitrogens is 7. The number of aryl methyl sites for hydroxylation is 7. The van der Waals surface area contributed by atoms with Crippen molar-refractivity contribution in [2.24, 2.45) is 7.05 Å². The lowest BCUT2D eigenvalue weighted by Gasteiger charge is -2.28. The molecule has 11 aromatic rings. The van der Waals surface area contributed by atoms with Crippen LogP contribution in [0.5, 0.6) is 0 Å². The van der Waals surface area contributed by atoms with Gasteiger partial charge in [-0.2, -0.15) is 8.75 Å². The molecule has 3 aliphatic heterocycles. The molecule has 3 aromatic heterocycles. The molecule has 2 atom stereocenters. The maximum atomic E-state index is 12.1. The number of nitrogens with zero attached hydrogens (tertiary/aromatic N) is 7. The second-order valence-electron chi connectivity index (χ2n) is 36.8. The van der Waals surface area contributed by atoms with Gasteiger partial charge in [-0.05, 0) is 478 Å². The van der Waals surface area contributed by atoms with Crippen molar-refractivity contribution in [3.63, 3.8) is 0 Å². The summed E-state index contributed by atoms with van der Waals surface area (Å²) in [6.45, 7) is 84.9. The fourth-order valence-corrected chi connectivity index (χ4v) is 20.9. The van der Waals surface area contributed by atoms with Gasteiger partial charge in [0, 0.05) is 52.8 Å². The van der Waals surface area contributed by atoms with E-state index in [1.165, 1.54) is 213 Å². The van der Waals surface area contributed by atoms with Crippen LogP contribution in [0.4, 0.5) is 0 Å². The van der Waals surface area contributed by atoms with E-state index in [-0.39, 0.29) is 27.2 Å². The van der Waals surface area contributed by atoms with Gasteiger partial charge in [-0.25, -0.2) is 18.9 Å². The van der Waals surface area contributed by atoms with Gasteiger partial charge in [0.25, 0.3) is 0 Å². The van der Waals surface area contributed by atoms with Crippen molar-refractivity contribution < 1.29 is 38.1 Å². The predicted octanol–water partition coefficient (Wildman–Crippen LogP) is 25.9. The number of cyclic esters (lactones) is 2. The summed E-state index contributed by atoms with van der Waals surface area (Å²) in [5.74, 6) is 1.18. The monoisotopic (exact) mass is 1660 g/mol. The molecule has 0 N–H and O–H groups in total. The highest BCUT2D eigenvalue weighted by atomic mass is 32.2. The summed E-state index contributed by atoms with van der Waals surface area (Å²) in [6.07, 6.45) is 2.39. The van der Waals surface area contributed by atoms with Gasteiger partial charge in [0.05, 0.1) is 35.0 Å². The molecule has 2 unspecified atom stereocenters. The number of esters is 2.